The number of morpholine rings is 1. The molecule has 3 heterocycles. The lowest BCUT2D eigenvalue weighted by Gasteiger charge is -2.26. The van der Waals surface area contributed by atoms with Crippen LogP contribution in [-0.2, 0) is 9.53 Å². The molecule has 0 bridgehead atoms. The maximum Gasteiger partial charge on any atom is 0.269 e. The number of primary amides is 1. The molecule has 3 N–H and O–H groups in total. The number of nitrogens with zero attached hydrogens (tertiary/aromatic N) is 4. The summed E-state index contributed by atoms with van der Waals surface area (Å²) >= 11 is 0. The van der Waals surface area contributed by atoms with Crippen molar-refractivity contribution in [3.8, 4) is 23.3 Å². The molecule has 10 nitrogen and oxygen atoms in total. The van der Waals surface area contributed by atoms with Gasteiger partial charge in [0.05, 0.1) is 24.4 Å². The Hall–Kier alpha value is -3.91. The number of carbonyl (C=O) groups excluding carboxylic acids is 2. The molecular weight excluding hydrogens is 474 g/mol. The van der Waals surface area contributed by atoms with E-state index in [2.05, 4.69) is 21.8 Å². The van der Waals surface area contributed by atoms with Crippen molar-refractivity contribution in [3.05, 3.63) is 53.7 Å². The first kappa shape index (κ1) is 24.8. The summed E-state index contributed by atoms with van der Waals surface area (Å²) in [6.07, 6.45) is 0.262. The lowest BCUT2D eigenvalue weighted by molar-refractivity contribution is -0.137. The van der Waals surface area contributed by atoms with Crippen LogP contribution in [0.25, 0.3) is 16.6 Å². The zero-order chi connectivity index (χ0) is 26.0. The first-order chi connectivity index (χ1) is 17.8. The monoisotopic (exact) mass is 503 g/mol. The van der Waals surface area contributed by atoms with Gasteiger partial charge in [-0.1, -0.05) is 17.9 Å². The van der Waals surface area contributed by atoms with Crippen LogP contribution in [-0.4, -0.2) is 95.1 Å². The van der Waals surface area contributed by atoms with Crippen LogP contribution in [0.1, 0.15) is 22.5 Å². The minimum atomic E-state index is -1.68. The van der Waals surface area contributed by atoms with Gasteiger partial charge >= 0.3 is 0 Å². The molecule has 2 amide bonds. The molecule has 0 aliphatic carbocycles. The average molecular weight is 504 g/mol. The van der Waals surface area contributed by atoms with Crippen molar-refractivity contribution < 1.29 is 24.2 Å². The summed E-state index contributed by atoms with van der Waals surface area (Å²) in [4.78, 5) is 28.2. The molecular formula is C27H29N5O5. The van der Waals surface area contributed by atoms with Gasteiger partial charge < -0.3 is 25.2 Å². The number of amides is 2. The van der Waals surface area contributed by atoms with E-state index in [0.717, 1.165) is 32.8 Å². The van der Waals surface area contributed by atoms with Crippen molar-refractivity contribution in [2.24, 2.45) is 5.73 Å². The Kier molecular flexibility index (Phi) is 6.84. The second kappa shape index (κ2) is 10.2. The predicted octanol–water partition coefficient (Wildman–Crippen LogP) is 0.780. The summed E-state index contributed by atoms with van der Waals surface area (Å²) in [7, 11) is 1.64. The van der Waals surface area contributed by atoms with Crippen LogP contribution in [0, 0.1) is 11.8 Å². The first-order valence-electron chi connectivity index (χ1n) is 12.2. The van der Waals surface area contributed by atoms with Crippen molar-refractivity contribution >= 4 is 22.7 Å². The number of nitrogens with two attached hydrogens (primary N) is 1. The summed E-state index contributed by atoms with van der Waals surface area (Å²) in [6.45, 7) is 4.99. The molecule has 0 radical (unpaired) electrons. The molecule has 2 aliphatic heterocycles. The number of hydrogen-bond acceptors (Lipinski definition) is 7. The van der Waals surface area contributed by atoms with Gasteiger partial charge in [-0.3, -0.25) is 14.5 Å². The SMILES string of the molecule is CN1CCC(O)(C#Cc2cccc(-n3nc(C(N)=O)c4cc(OCCN5CCOCC5)ccc43)c2)C1=O. The molecule has 2 saturated heterocycles. The van der Waals surface area contributed by atoms with E-state index in [1.165, 1.54) is 4.90 Å². The van der Waals surface area contributed by atoms with E-state index >= 15 is 0 Å². The van der Waals surface area contributed by atoms with Gasteiger partial charge in [-0.15, -0.1) is 0 Å². The fraction of sp³-hybridized carbons (Fsp3) is 0.370. The first-order valence-corrected chi connectivity index (χ1v) is 12.2. The zero-order valence-electron chi connectivity index (χ0n) is 20.6. The largest absolute Gasteiger partial charge is 0.492 e. The maximum atomic E-state index is 12.2. The number of carbonyl (C=O) groups is 2. The number of hydrogen-bond donors (Lipinski definition) is 2. The lowest BCUT2D eigenvalue weighted by Crippen LogP contribution is -2.38. The Balaban J connectivity index is 1.40. The molecule has 2 aliphatic rings. The lowest BCUT2D eigenvalue weighted by atomic mass is 10.0. The Bertz CT molecular complexity index is 1400. The number of likely N-dealkylation sites (N-methyl/N-ethyl adjacent to an activating group) is 1. The molecule has 5 rings (SSSR count). The number of rotatable bonds is 6. The number of aliphatic hydroxyl groups is 1. The number of fused-ring (bicyclic) bond motifs is 1. The summed E-state index contributed by atoms with van der Waals surface area (Å²) in [5.41, 5.74) is 6.05. The number of aromatic nitrogens is 2. The maximum absolute atomic E-state index is 12.2. The third-order valence-electron chi connectivity index (χ3n) is 6.68. The van der Waals surface area contributed by atoms with Crippen LogP contribution in [0.3, 0.4) is 0 Å². The van der Waals surface area contributed by atoms with Crippen LogP contribution in [0.2, 0.25) is 0 Å². The molecule has 2 aromatic carbocycles. The molecule has 0 saturated carbocycles. The molecule has 192 valence electrons. The third kappa shape index (κ3) is 5.15. The van der Waals surface area contributed by atoms with Crippen molar-refractivity contribution in [2.75, 3.05) is 53.0 Å². The van der Waals surface area contributed by atoms with Crippen molar-refractivity contribution in [1.82, 2.24) is 19.6 Å². The Morgan fingerprint density at radius 3 is 2.76 bits per heavy atom. The number of ether oxygens (including phenoxy) is 2. The van der Waals surface area contributed by atoms with Crippen molar-refractivity contribution in [1.29, 1.82) is 0 Å². The van der Waals surface area contributed by atoms with E-state index in [-0.39, 0.29) is 12.1 Å². The Labute approximate surface area is 214 Å². The number of benzene rings is 2. The van der Waals surface area contributed by atoms with Gasteiger partial charge in [-0.2, -0.15) is 5.10 Å². The third-order valence-corrected chi connectivity index (χ3v) is 6.68. The Morgan fingerprint density at radius 1 is 1.22 bits per heavy atom. The molecule has 1 unspecified atom stereocenters. The van der Waals surface area contributed by atoms with Crippen LogP contribution in [0.15, 0.2) is 42.5 Å². The van der Waals surface area contributed by atoms with Crippen LogP contribution >= 0.6 is 0 Å². The molecule has 37 heavy (non-hydrogen) atoms. The topological polar surface area (TPSA) is 123 Å². The smallest absolute Gasteiger partial charge is 0.269 e. The van der Waals surface area contributed by atoms with Gasteiger partial charge in [0.1, 0.15) is 12.4 Å². The van der Waals surface area contributed by atoms with Crippen molar-refractivity contribution in [2.45, 2.75) is 12.0 Å². The molecule has 1 aromatic heterocycles. The molecule has 1 atom stereocenters. The van der Waals surface area contributed by atoms with E-state index in [1.807, 2.05) is 18.2 Å². The highest BCUT2D eigenvalue weighted by molar-refractivity contribution is 6.04. The predicted molar refractivity (Wildman–Crippen MR) is 136 cm³/mol. The summed E-state index contributed by atoms with van der Waals surface area (Å²) in [6, 6.07) is 12.6. The van der Waals surface area contributed by atoms with E-state index < -0.39 is 17.4 Å². The standard InChI is InChI=1S/C27H29N5O5/c1-30-10-9-27(35,26(30)34)8-7-19-3-2-4-20(17-19)32-23-6-5-21(18-22(23)24(29-32)25(28)33)37-16-13-31-11-14-36-15-12-31/h2-6,17-18,35H,9-16H2,1H3,(H2,28,33). The zero-order valence-corrected chi connectivity index (χ0v) is 20.6. The van der Waals surface area contributed by atoms with Gasteiger partial charge in [-0.05, 0) is 36.4 Å². The van der Waals surface area contributed by atoms with Gasteiger partial charge in [0.25, 0.3) is 11.8 Å². The highest BCUT2D eigenvalue weighted by Gasteiger charge is 2.42. The number of likely N-dealkylation sites (tertiary alicyclic amines) is 1. The Morgan fingerprint density at radius 2 is 2.03 bits per heavy atom. The summed E-state index contributed by atoms with van der Waals surface area (Å²) in [5, 5.41) is 15.7. The van der Waals surface area contributed by atoms with Crippen LogP contribution in [0.5, 0.6) is 5.75 Å². The minimum absolute atomic E-state index is 0.138. The minimum Gasteiger partial charge on any atom is -0.492 e. The second-order valence-corrected chi connectivity index (χ2v) is 9.24. The normalized spacial score (nSPS) is 20.2. The molecule has 10 heteroatoms. The van der Waals surface area contributed by atoms with Gasteiger partial charge in [0.2, 0.25) is 5.60 Å². The highest BCUT2D eigenvalue weighted by Crippen LogP contribution is 2.27. The van der Waals surface area contributed by atoms with E-state index in [1.54, 1.807) is 36.0 Å². The molecule has 2 fully saturated rings. The molecule has 0 spiro atoms. The van der Waals surface area contributed by atoms with Crippen LogP contribution in [0.4, 0.5) is 0 Å². The average Bonchev–Trinajstić information content (AvgIpc) is 3.41. The van der Waals surface area contributed by atoms with E-state index in [9.17, 15) is 14.7 Å². The van der Waals surface area contributed by atoms with Gasteiger partial charge in [-0.25, -0.2) is 4.68 Å². The van der Waals surface area contributed by atoms with Crippen LogP contribution < -0.4 is 10.5 Å². The second-order valence-electron chi connectivity index (χ2n) is 9.24. The van der Waals surface area contributed by atoms with Crippen molar-refractivity contribution in [3.63, 3.8) is 0 Å². The quantitative estimate of drug-likeness (QED) is 0.477. The summed E-state index contributed by atoms with van der Waals surface area (Å²) < 4.78 is 12.9. The van der Waals surface area contributed by atoms with Gasteiger partial charge in [0, 0.05) is 50.6 Å². The molecule has 3 aromatic rings. The summed E-state index contributed by atoms with van der Waals surface area (Å²) in [5.74, 6) is 5.23. The fourth-order valence-corrected chi connectivity index (χ4v) is 4.54. The van der Waals surface area contributed by atoms with E-state index in [4.69, 9.17) is 15.2 Å². The highest BCUT2D eigenvalue weighted by atomic mass is 16.5. The van der Waals surface area contributed by atoms with E-state index in [0.29, 0.717) is 41.1 Å². The van der Waals surface area contributed by atoms with Gasteiger partial charge in [0.15, 0.2) is 5.69 Å². The fourth-order valence-electron chi connectivity index (χ4n) is 4.54.